The number of thiophene rings is 1. The van der Waals surface area contributed by atoms with Gasteiger partial charge in [0.15, 0.2) is 11.5 Å². The fourth-order valence-electron chi connectivity index (χ4n) is 4.02. The van der Waals surface area contributed by atoms with E-state index in [1.165, 1.54) is 22.0 Å². The van der Waals surface area contributed by atoms with Crippen LogP contribution in [0.5, 0.6) is 11.5 Å². The zero-order chi connectivity index (χ0) is 23.7. The summed E-state index contributed by atoms with van der Waals surface area (Å²) in [6, 6.07) is 2.77. The van der Waals surface area contributed by atoms with Crippen molar-refractivity contribution in [3.8, 4) is 11.5 Å². The molecule has 33 heavy (non-hydrogen) atoms. The number of nitrogens with zero attached hydrogens (tertiary/aromatic N) is 3. The Labute approximate surface area is 203 Å². The van der Waals surface area contributed by atoms with Crippen molar-refractivity contribution < 1.29 is 14.3 Å². The molecule has 1 aromatic carbocycles. The number of carbonyl (C=O) groups excluding carboxylic acids is 1. The van der Waals surface area contributed by atoms with E-state index in [-0.39, 0.29) is 5.56 Å². The molecule has 8 nitrogen and oxygen atoms in total. The van der Waals surface area contributed by atoms with Crippen molar-refractivity contribution in [1.82, 2.24) is 15.0 Å². The summed E-state index contributed by atoms with van der Waals surface area (Å²) in [5, 5.41) is 4.70. The molecule has 0 aliphatic heterocycles. The number of carbonyl (C=O) groups is 1. The van der Waals surface area contributed by atoms with Gasteiger partial charge in [-0.15, -0.1) is 11.3 Å². The molecule has 0 spiro atoms. The molecule has 0 bridgehead atoms. The highest BCUT2D eigenvalue weighted by Crippen LogP contribution is 2.36. The van der Waals surface area contributed by atoms with E-state index in [2.05, 4.69) is 38.4 Å². The first-order chi connectivity index (χ1) is 15.8. The lowest BCUT2D eigenvalue weighted by Gasteiger charge is -2.18. The van der Waals surface area contributed by atoms with Gasteiger partial charge in [0, 0.05) is 4.88 Å². The molecule has 0 saturated carbocycles. The zero-order valence-electron chi connectivity index (χ0n) is 18.8. The largest absolute Gasteiger partial charge is 0.493 e. The number of hydrogen-bond donors (Lipinski definition) is 1. The molecule has 4 rings (SSSR count). The van der Waals surface area contributed by atoms with Gasteiger partial charge in [-0.3, -0.25) is 14.2 Å². The van der Waals surface area contributed by atoms with Crippen LogP contribution in [0.2, 0.25) is 0 Å². The molecule has 0 saturated heterocycles. The summed E-state index contributed by atoms with van der Waals surface area (Å²) in [7, 11) is 3.10. The van der Waals surface area contributed by atoms with Gasteiger partial charge in [0.2, 0.25) is 0 Å². The van der Waals surface area contributed by atoms with Crippen LogP contribution in [-0.2, 0) is 17.6 Å². The smallest absolute Gasteiger partial charge is 0.263 e. The Balaban J connectivity index is 1.54. The molecule has 2 aromatic heterocycles. The maximum absolute atomic E-state index is 13.2. The van der Waals surface area contributed by atoms with Crippen molar-refractivity contribution in [2.24, 2.45) is 11.0 Å². The highest BCUT2D eigenvalue weighted by atomic mass is 79.9. The number of hydrogen-bond acceptors (Lipinski definition) is 7. The van der Waals surface area contributed by atoms with Crippen molar-refractivity contribution in [2.45, 2.75) is 39.2 Å². The van der Waals surface area contributed by atoms with Crippen LogP contribution in [0.1, 0.15) is 42.3 Å². The highest BCUT2D eigenvalue weighted by Gasteiger charge is 2.25. The maximum atomic E-state index is 13.2. The third kappa shape index (κ3) is 4.54. The average molecular weight is 533 g/mol. The predicted molar refractivity (Wildman–Crippen MR) is 133 cm³/mol. The number of benzene rings is 1. The van der Waals surface area contributed by atoms with E-state index < -0.39 is 11.9 Å². The van der Waals surface area contributed by atoms with Crippen LogP contribution in [0.25, 0.3) is 10.2 Å². The topological polar surface area (TPSA) is 94.8 Å². The van der Waals surface area contributed by atoms with E-state index in [9.17, 15) is 9.59 Å². The van der Waals surface area contributed by atoms with E-state index in [1.54, 1.807) is 44.6 Å². The Morgan fingerprint density at radius 1 is 1.39 bits per heavy atom. The molecule has 10 heteroatoms. The van der Waals surface area contributed by atoms with E-state index >= 15 is 0 Å². The first kappa shape index (κ1) is 23.4. The summed E-state index contributed by atoms with van der Waals surface area (Å²) in [5.41, 5.74) is 4.13. The first-order valence-corrected chi connectivity index (χ1v) is 12.2. The molecule has 2 atom stereocenters. The van der Waals surface area contributed by atoms with Crippen LogP contribution in [-0.4, -0.2) is 35.9 Å². The van der Waals surface area contributed by atoms with Gasteiger partial charge < -0.3 is 9.47 Å². The number of hydrazone groups is 1. The third-order valence-electron chi connectivity index (χ3n) is 5.88. The number of aromatic nitrogens is 2. The number of nitrogens with one attached hydrogen (secondary N) is 1. The Bertz CT molecular complexity index is 1300. The summed E-state index contributed by atoms with van der Waals surface area (Å²) in [6.07, 6.45) is 5.87. The number of halogens is 1. The Morgan fingerprint density at radius 2 is 2.18 bits per heavy atom. The van der Waals surface area contributed by atoms with Crippen LogP contribution < -0.4 is 20.5 Å². The lowest BCUT2D eigenvalue weighted by Crippen LogP contribution is -2.34. The van der Waals surface area contributed by atoms with E-state index in [0.29, 0.717) is 32.8 Å². The minimum Gasteiger partial charge on any atom is -0.493 e. The Hall–Kier alpha value is -2.72. The molecule has 1 aliphatic carbocycles. The summed E-state index contributed by atoms with van der Waals surface area (Å²) >= 11 is 5.02. The second-order valence-electron chi connectivity index (χ2n) is 8.14. The third-order valence-corrected chi connectivity index (χ3v) is 7.63. The summed E-state index contributed by atoms with van der Waals surface area (Å²) in [5.74, 6) is 1.31. The second-order valence-corrected chi connectivity index (χ2v) is 10.1. The highest BCUT2D eigenvalue weighted by molar-refractivity contribution is 9.10. The van der Waals surface area contributed by atoms with Gasteiger partial charge in [0.1, 0.15) is 10.9 Å². The molecule has 2 heterocycles. The minimum atomic E-state index is -0.762. The van der Waals surface area contributed by atoms with Crippen molar-refractivity contribution in [3.63, 3.8) is 0 Å². The van der Waals surface area contributed by atoms with Crippen molar-refractivity contribution in [3.05, 3.63) is 49.3 Å². The Kier molecular flexibility index (Phi) is 6.85. The zero-order valence-corrected chi connectivity index (χ0v) is 21.2. The fourth-order valence-corrected chi connectivity index (χ4v) is 5.99. The average Bonchev–Trinajstić information content (AvgIpc) is 3.16. The van der Waals surface area contributed by atoms with Gasteiger partial charge in [0.05, 0.1) is 36.6 Å². The monoisotopic (exact) mass is 532 g/mol. The van der Waals surface area contributed by atoms with Crippen LogP contribution >= 0.6 is 27.3 Å². The van der Waals surface area contributed by atoms with Gasteiger partial charge in [-0.2, -0.15) is 5.10 Å². The standard InChI is InChI=1S/C23H25BrN4O4S/c1-12-5-6-15-18(7-12)33-22-19(15)23(30)28(11-25-22)13(2)21(29)27-26-10-14-8-16(24)20(32-4)17(9-14)31-3/h8-13H,5-7H2,1-4H3,(H,27,29)/b26-10+. The Morgan fingerprint density at radius 3 is 2.91 bits per heavy atom. The molecular formula is C23H25BrN4O4S. The van der Waals surface area contributed by atoms with Crippen LogP contribution in [0, 0.1) is 5.92 Å². The molecule has 0 radical (unpaired) electrons. The van der Waals surface area contributed by atoms with Crippen LogP contribution in [0.3, 0.4) is 0 Å². The molecule has 1 aliphatic rings. The molecule has 2 unspecified atom stereocenters. The second kappa shape index (κ2) is 9.64. The fraction of sp³-hybridized carbons (Fsp3) is 0.391. The molecule has 174 valence electrons. The lowest BCUT2D eigenvalue weighted by atomic mass is 9.89. The number of fused-ring (bicyclic) bond motifs is 3. The number of ether oxygens (including phenoxy) is 2. The van der Waals surface area contributed by atoms with E-state index in [1.807, 2.05) is 0 Å². The summed E-state index contributed by atoms with van der Waals surface area (Å²) < 4.78 is 12.7. The number of rotatable bonds is 6. The SMILES string of the molecule is COc1cc(/C=N/NC(=O)C(C)n2cnc3sc4c(c3c2=O)CCC(C)C4)cc(Br)c1OC. The van der Waals surface area contributed by atoms with Gasteiger partial charge in [0.25, 0.3) is 11.5 Å². The number of methoxy groups -OCH3 is 2. The van der Waals surface area contributed by atoms with Crippen LogP contribution in [0.4, 0.5) is 0 Å². The maximum Gasteiger partial charge on any atom is 0.263 e. The van der Waals surface area contributed by atoms with Crippen molar-refractivity contribution >= 4 is 49.6 Å². The summed E-state index contributed by atoms with van der Waals surface area (Å²) in [6.45, 7) is 3.89. The quantitative estimate of drug-likeness (QED) is 0.381. The number of aryl methyl sites for hydroxylation is 1. The first-order valence-electron chi connectivity index (χ1n) is 10.6. The number of amides is 1. The van der Waals surface area contributed by atoms with Crippen molar-refractivity contribution in [2.75, 3.05) is 14.2 Å². The normalized spacial score (nSPS) is 16.6. The lowest BCUT2D eigenvalue weighted by molar-refractivity contribution is -0.123. The van der Waals surface area contributed by atoms with Gasteiger partial charge in [-0.1, -0.05) is 6.92 Å². The van der Waals surface area contributed by atoms with E-state index in [0.717, 1.165) is 29.7 Å². The van der Waals surface area contributed by atoms with E-state index in [4.69, 9.17) is 9.47 Å². The molecule has 3 aromatic rings. The minimum absolute atomic E-state index is 0.178. The van der Waals surface area contributed by atoms with Crippen LogP contribution in [0.15, 0.2) is 32.8 Å². The summed E-state index contributed by atoms with van der Waals surface area (Å²) in [4.78, 5) is 32.4. The molecular weight excluding hydrogens is 508 g/mol. The molecule has 1 N–H and O–H groups in total. The van der Waals surface area contributed by atoms with Gasteiger partial charge in [-0.25, -0.2) is 10.4 Å². The van der Waals surface area contributed by atoms with Gasteiger partial charge in [-0.05, 0) is 71.3 Å². The molecule has 0 fully saturated rings. The van der Waals surface area contributed by atoms with Crippen molar-refractivity contribution in [1.29, 1.82) is 0 Å². The van der Waals surface area contributed by atoms with Gasteiger partial charge >= 0.3 is 0 Å². The molecule has 1 amide bonds. The predicted octanol–water partition coefficient (Wildman–Crippen LogP) is 4.07.